The Bertz CT molecular complexity index is 379. The first-order valence-electron chi connectivity index (χ1n) is 6.49. The molecule has 1 aromatic carbocycles. The quantitative estimate of drug-likeness (QED) is 0.849. The normalized spacial score (nSPS) is 14.6. The van der Waals surface area contributed by atoms with Crippen LogP contribution < -0.4 is 10.1 Å². The van der Waals surface area contributed by atoms with Crippen LogP contribution in [0.2, 0.25) is 5.02 Å². The van der Waals surface area contributed by atoms with Gasteiger partial charge in [-0.15, -0.1) is 0 Å². The minimum absolute atomic E-state index is 0.466. The van der Waals surface area contributed by atoms with Crippen molar-refractivity contribution in [1.29, 1.82) is 0 Å². The molecule has 0 aliphatic heterocycles. The average molecular weight is 270 g/mol. The van der Waals surface area contributed by atoms with E-state index in [4.69, 9.17) is 16.3 Å². The lowest BCUT2D eigenvalue weighted by atomic mass is 9.84. The minimum atomic E-state index is 0.466. The Balaban J connectivity index is 2.96. The van der Waals surface area contributed by atoms with Gasteiger partial charge in [-0.1, -0.05) is 25.4 Å². The van der Waals surface area contributed by atoms with Crippen molar-refractivity contribution in [3.05, 3.63) is 28.8 Å². The summed E-state index contributed by atoms with van der Waals surface area (Å²) in [6, 6.07) is 6.29. The van der Waals surface area contributed by atoms with Gasteiger partial charge in [0.05, 0.1) is 7.11 Å². The first-order chi connectivity index (χ1) is 8.49. The predicted molar refractivity (Wildman–Crippen MR) is 78.6 cm³/mol. The Kier molecular flexibility index (Phi) is 5.97. The lowest BCUT2D eigenvalue weighted by Gasteiger charge is -2.28. The molecule has 0 aliphatic rings. The molecular weight excluding hydrogens is 246 g/mol. The van der Waals surface area contributed by atoms with Crippen molar-refractivity contribution in [1.82, 2.24) is 5.32 Å². The van der Waals surface area contributed by atoms with E-state index in [9.17, 15) is 0 Å². The molecular formula is C15H24ClNO. The highest BCUT2D eigenvalue weighted by molar-refractivity contribution is 6.30. The zero-order valence-electron chi connectivity index (χ0n) is 12.0. The molecule has 0 spiro atoms. The summed E-state index contributed by atoms with van der Waals surface area (Å²) in [4.78, 5) is 0. The third-order valence-corrected chi connectivity index (χ3v) is 3.89. The number of hydrogen-bond acceptors (Lipinski definition) is 2. The Morgan fingerprint density at radius 2 is 1.94 bits per heavy atom. The Labute approximate surface area is 116 Å². The van der Waals surface area contributed by atoms with Crippen LogP contribution in [0.25, 0.3) is 0 Å². The molecule has 0 saturated carbocycles. The first kappa shape index (κ1) is 15.3. The molecule has 0 bridgehead atoms. The maximum atomic E-state index is 6.08. The third-order valence-electron chi connectivity index (χ3n) is 3.65. The fraction of sp³-hybridized carbons (Fsp3) is 0.600. The molecule has 1 aromatic rings. The fourth-order valence-electron chi connectivity index (χ4n) is 2.36. The topological polar surface area (TPSA) is 21.3 Å². The van der Waals surface area contributed by atoms with Gasteiger partial charge in [0, 0.05) is 11.1 Å². The van der Waals surface area contributed by atoms with Crippen molar-refractivity contribution in [3.63, 3.8) is 0 Å². The van der Waals surface area contributed by atoms with Gasteiger partial charge in [-0.2, -0.15) is 0 Å². The molecule has 0 heterocycles. The molecule has 0 aliphatic carbocycles. The second-order valence-corrected chi connectivity index (χ2v) is 5.58. The molecule has 0 aromatic heterocycles. The van der Waals surface area contributed by atoms with Crippen LogP contribution in [0.1, 0.15) is 26.3 Å². The van der Waals surface area contributed by atoms with Crippen LogP contribution in [0.15, 0.2) is 18.2 Å². The Hall–Kier alpha value is -0.730. The van der Waals surface area contributed by atoms with Gasteiger partial charge in [-0.3, -0.25) is 0 Å². The van der Waals surface area contributed by atoms with Crippen molar-refractivity contribution in [2.45, 2.75) is 33.2 Å². The predicted octanol–water partition coefficient (Wildman–Crippen LogP) is 3.77. The van der Waals surface area contributed by atoms with E-state index in [0.717, 1.165) is 17.2 Å². The molecule has 0 saturated heterocycles. The summed E-state index contributed by atoms with van der Waals surface area (Å²) < 4.78 is 5.42. The van der Waals surface area contributed by atoms with E-state index in [-0.39, 0.29) is 0 Å². The van der Waals surface area contributed by atoms with Crippen LogP contribution in [0.5, 0.6) is 5.75 Å². The van der Waals surface area contributed by atoms with E-state index >= 15 is 0 Å². The number of methoxy groups -OCH3 is 1. The molecule has 102 valence electrons. The second-order valence-electron chi connectivity index (χ2n) is 5.15. The van der Waals surface area contributed by atoms with E-state index < -0.39 is 0 Å². The van der Waals surface area contributed by atoms with Crippen molar-refractivity contribution < 1.29 is 4.74 Å². The smallest absolute Gasteiger partial charge is 0.122 e. The maximum Gasteiger partial charge on any atom is 0.122 e. The van der Waals surface area contributed by atoms with E-state index in [0.29, 0.717) is 17.9 Å². The van der Waals surface area contributed by atoms with Gasteiger partial charge >= 0.3 is 0 Å². The molecule has 0 amide bonds. The number of benzene rings is 1. The van der Waals surface area contributed by atoms with E-state index in [1.54, 1.807) is 7.11 Å². The van der Waals surface area contributed by atoms with Crippen LogP contribution in [-0.2, 0) is 6.42 Å². The highest BCUT2D eigenvalue weighted by Crippen LogP contribution is 2.28. The van der Waals surface area contributed by atoms with Crippen molar-refractivity contribution >= 4 is 11.6 Å². The number of rotatable bonds is 6. The fourth-order valence-corrected chi connectivity index (χ4v) is 2.56. The van der Waals surface area contributed by atoms with Crippen molar-refractivity contribution in [2.75, 3.05) is 14.2 Å². The summed E-state index contributed by atoms with van der Waals surface area (Å²) in [5.74, 6) is 2.09. The number of nitrogens with one attached hydrogen (secondary N) is 1. The first-order valence-corrected chi connectivity index (χ1v) is 6.87. The molecule has 0 radical (unpaired) electrons. The Morgan fingerprint density at radius 3 is 2.44 bits per heavy atom. The maximum absolute atomic E-state index is 6.08. The summed E-state index contributed by atoms with van der Waals surface area (Å²) in [5, 5.41) is 4.11. The van der Waals surface area contributed by atoms with E-state index in [1.807, 2.05) is 25.2 Å². The second kappa shape index (κ2) is 7.01. The van der Waals surface area contributed by atoms with Crippen LogP contribution in [0.4, 0.5) is 0 Å². The number of hydrogen-bond donors (Lipinski definition) is 1. The molecule has 1 N–H and O–H groups in total. The van der Waals surface area contributed by atoms with Crippen molar-refractivity contribution in [3.8, 4) is 5.75 Å². The van der Waals surface area contributed by atoms with Crippen LogP contribution in [0, 0.1) is 11.8 Å². The van der Waals surface area contributed by atoms with Crippen molar-refractivity contribution in [2.24, 2.45) is 11.8 Å². The van der Waals surface area contributed by atoms with Gasteiger partial charge < -0.3 is 10.1 Å². The van der Waals surface area contributed by atoms with Crippen LogP contribution in [-0.4, -0.2) is 20.2 Å². The third kappa shape index (κ3) is 3.89. The molecule has 18 heavy (non-hydrogen) atoms. The van der Waals surface area contributed by atoms with Gasteiger partial charge in [0.15, 0.2) is 0 Å². The summed E-state index contributed by atoms with van der Waals surface area (Å²) >= 11 is 6.08. The molecule has 2 nitrogen and oxygen atoms in total. The molecule has 2 atom stereocenters. The zero-order valence-corrected chi connectivity index (χ0v) is 12.7. The Morgan fingerprint density at radius 1 is 1.28 bits per heavy atom. The monoisotopic (exact) mass is 269 g/mol. The standard InChI is InChI=1S/C15H24ClNO/c1-10(2)14(11(3)17-4)9-12-8-13(16)6-7-15(12)18-5/h6-8,10-11,14,17H,9H2,1-5H3. The lowest BCUT2D eigenvalue weighted by molar-refractivity contribution is 0.296. The molecule has 3 heteroatoms. The molecule has 2 unspecified atom stereocenters. The van der Waals surface area contributed by atoms with Gasteiger partial charge in [0.2, 0.25) is 0 Å². The number of ether oxygens (including phenoxy) is 1. The van der Waals surface area contributed by atoms with E-state index in [2.05, 4.69) is 26.1 Å². The van der Waals surface area contributed by atoms with Gasteiger partial charge in [0.25, 0.3) is 0 Å². The van der Waals surface area contributed by atoms with Gasteiger partial charge in [0.1, 0.15) is 5.75 Å². The van der Waals surface area contributed by atoms with Gasteiger partial charge in [-0.25, -0.2) is 0 Å². The lowest BCUT2D eigenvalue weighted by Crippen LogP contribution is -2.35. The highest BCUT2D eigenvalue weighted by Gasteiger charge is 2.21. The largest absolute Gasteiger partial charge is 0.496 e. The summed E-state index contributed by atoms with van der Waals surface area (Å²) in [5.41, 5.74) is 1.19. The van der Waals surface area contributed by atoms with E-state index in [1.165, 1.54) is 5.56 Å². The SMILES string of the molecule is CNC(C)C(Cc1cc(Cl)ccc1OC)C(C)C. The molecule has 1 rings (SSSR count). The van der Waals surface area contributed by atoms with Crippen LogP contribution in [0.3, 0.4) is 0 Å². The van der Waals surface area contributed by atoms with Crippen LogP contribution >= 0.6 is 11.6 Å². The summed E-state index contributed by atoms with van der Waals surface area (Å²) in [6.07, 6.45) is 0.976. The van der Waals surface area contributed by atoms with Gasteiger partial charge in [-0.05, 0) is 56.0 Å². The zero-order chi connectivity index (χ0) is 13.7. The molecule has 0 fully saturated rings. The summed E-state index contributed by atoms with van der Waals surface area (Å²) in [7, 11) is 3.72. The number of halogens is 1. The average Bonchev–Trinajstić information content (AvgIpc) is 2.34. The minimum Gasteiger partial charge on any atom is -0.496 e. The summed E-state index contributed by atoms with van der Waals surface area (Å²) in [6.45, 7) is 6.74. The highest BCUT2D eigenvalue weighted by atomic mass is 35.5.